The smallest absolute Gasteiger partial charge is 0.0492 e. The molecule has 0 bridgehead atoms. The molecule has 0 spiro atoms. The highest BCUT2D eigenvalue weighted by Crippen LogP contribution is 2.27. The summed E-state index contributed by atoms with van der Waals surface area (Å²) in [4.78, 5) is 1.17. The molecule has 2 rings (SSSR count). The Morgan fingerprint density at radius 3 is 2.88 bits per heavy atom. The first kappa shape index (κ1) is 12.0. The highest BCUT2D eigenvalue weighted by Gasteiger charge is 2.03. The van der Waals surface area contributed by atoms with Crippen LogP contribution in [0.15, 0.2) is 35.4 Å². The Balaban J connectivity index is 1.95. The van der Waals surface area contributed by atoms with E-state index in [2.05, 4.69) is 23.3 Å². The third-order valence-electron chi connectivity index (χ3n) is 2.82. The maximum atomic E-state index is 6.03. The number of rotatable bonds is 4. The number of thioether (sulfide) groups is 1. The molecule has 0 radical (unpaired) electrons. The second kappa shape index (κ2) is 5.27. The molecule has 0 amide bonds. The minimum absolute atomic E-state index is 0.905. The average molecular weight is 247 g/mol. The summed E-state index contributed by atoms with van der Waals surface area (Å²) in [6.07, 6.45) is 2.84. The molecule has 0 saturated heterocycles. The summed E-state index contributed by atoms with van der Waals surface area (Å²) >= 11 is 1.80. The molecule has 4 heteroatoms. The van der Waals surface area contributed by atoms with E-state index in [0.717, 1.165) is 23.4 Å². The van der Waals surface area contributed by atoms with Crippen LogP contribution in [0.5, 0.6) is 0 Å². The van der Waals surface area contributed by atoms with E-state index in [9.17, 15) is 0 Å². The number of para-hydroxylation sites is 1. The molecule has 0 fully saturated rings. The number of aryl methyl sites for hydroxylation is 3. The van der Waals surface area contributed by atoms with Gasteiger partial charge in [0.2, 0.25) is 0 Å². The number of anilines is 1. The molecule has 1 heterocycles. The van der Waals surface area contributed by atoms with E-state index in [1.54, 1.807) is 11.8 Å². The number of aromatic nitrogens is 2. The van der Waals surface area contributed by atoms with Gasteiger partial charge in [0, 0.05) is 35.3 Å². The van der Waals surface area contributed by atoms with E-state index in [1.165, 1.54) is 10.6 Å². The average Bonchev–Trinajstić information content (AvgIpc) is 2.71. The van der Waals surface area contributed by atoms with Crippen molar-refractivity contribution in [2.24, 2.45) is 7.05 Å². The van der Waals surface area contributed by atoms with Gasteiger partial charge in [-0.05, 0) is 31.0 Å². The van der Waals surface area contributed by atoms with Crippen LogP contribution < -0.4 is 5.73 Å². The minimum Gasteiger partial charge on any atom is -0.398 e. The summed E-state index contributed by atoms with van der Waals surface area (Å²) in [5.41, 5.74) is 9.34. The van der Waals surface area contributed by atoms with E-state index in [-0.39, 0.29) is 0 Å². The van der Waals surface area contributed by atoms with Crippen molar-refractivity contribution in [3.63, 3.8) is 0 Å². The first-order valence-electron chi connectivity index (χ1n) is 5.63. The van der Waals surface area contributed by atoms with Crippen molar-refractivity contribution in [1.82, 2.24) is 9.78 Å². The quantitative estimate of drug-likeness (QED) is 0.667. The maximum absolute atomic E-state index is 6.03. The monoisotopic (exact) mass is 247 g/mol. The summed E-state index contributed by atoms with van der Waals surface area (Å²) in [6, 6.07) is 8.23. The van der Waals surface area contributed by atoms with E-state index in [1.807, 2.05) is 30.9 Å². The molecule has 3 nitrogen and oxygen atoms in total. The van der Waals surface area contributed by atoms with Crippen LogP contribution in [0.2, 0.25) is 0 Å². The summed E-state index contributed by atoms with van der Waals surface area (Å²) in [6.45, 7) is 2.04. The summed E-state index contributed by atoms with van der Waals surface area (Å²) in [5, 5.41) is 4.16. The summed E-state index contributed by atoms with van der Waals surface area (Å²) in [5.74, 6) is 1.02. The van der Waals surface area contributed by atoms with Crippen LogP contribution >= 0.6 is 11.8 Å². The number of hydrogen-bond donors (Lipinski definition) is 1. The number of nitrogens with two attached hydrogens (primary N) is 1. The number of nitrogen functional groups attached to an aromatic ring is 1. The maximum Gasteiger partial charge on any atom is 0.0492 e. The van der Waals surface area contributed by atoms with Gasteiger partial charge in [0.25, 0.3) is 0 Å². The molecule has 0 aliphatic carbocycles. The molecule has 1 aromatic carbocycles. The zero-order chi connectivity index (χ0) is 12.3. The number of nitrogens with zero attached hydrogens (tertiary/aromatic N) is 2. The van der Waals surface area contributed by atoms with Crippen LogP contribution in [0.25, 0.3) is 0 Å². The Hall–Kier alpha value is -1.42. The molecule has 0 unspecified atom stereocenters. The van der Waals surface area contributed by atoms with Gasteiger partial charge in [0.1, 0.15) is 0 Å². The molecular formula is C13H17N3S. The first-order chi connectivity index (χ1) is 8.18. The van der Waals surface area contributed by atoms with E-state index in [4.69, 9.17) is 5.73 Å². The SMILES string of the molecule is Cc1cccc(SCCc2ccnn2C)c1N. The van der Waals surface area contributed by atoms with Crippen molar-refractivity contribution in [3.05, 3.63) is 41.7 Å². The predicted molar refractivity (Wildman–Crippen MR) is 73.2 cm³/mol. The Labute approximate surface area is 106 Å². The van der Waals surface area contributed by atoms with E-state index >= 15 is 0 Å². The van der Waals surface area contributed by atoms with Crippen molar-refractivity contribution in [3.8, 4) is 0 Å². The van der Waals surface area contributed by atoms with Crippen LogP contribution in [0.1, 0.15) is 11.3 Å². The molecule has 17 heavy (non-hydrogen) atoms. The minimum atomic E-state index is 0.905. The van der Waals surface area contributed by atoms with Crippen molar-refractivity contribution in [2.75, 3.05) is 11.5 Å². The third kappa shape index (κ3) is 2.82. The zero-order valence-corrected chi connectivity index (χ0v) is 11.0. The van der Waals surface area contributed by atoms with Gasteiger partial charge >= 0.3 is 0 Å². The Morgan fingerprint density at radius 2 is 2.18 bits per heavy atom. The predicted octanol–water partition coefficient (Wildman–Crippen LogP) is 2.65. The van der Waals surface area contributed by atoms with Gasteiger partial charge < -0.3 is 5.73 Å². The fraction of sp³-hybridized carbons (Fsp3) is 0.308. The van der Waals surface area contributed by atoms with E-state index < -0.39 is 0 Å². The van der Waals surface area contributed by atoms with Crippen molar-refractivity contribution >= 4 is 17.4 Å². The Kier molecular flexibility index (Phi) is 3.74. The zero-order valence-electron chi connectivity index (χ0n) is 10.2. The summed E-state index contributed by atoms with van der Waals surface area (Å²) < 4.78 is 1.92. The first-order valence-corrected chi connectivity index (χ1v) is 6.62. The molecule has 0 aliphatic rings. The van der Waals surface area contributed by atoms with Gasteiger partial charge in [-0.2, -0.15) is 5.10 Å². The highest BCUT2D eigenvalue weighted by atomic mass is 32.2. The molecule has 90 valence electrons. The largest absolute Gasteiger partial charge is 0.398 e. The Bertz CT molecular complexity index is 505. The molecule has 0 atom stereocenters. The second-order valence-corrected chi connectivity index (χ2v) is 5.17. The lowest BCUT2D eigenvalue weighted by atomic mass is 10.2. The van der Waals surface area contributed by atoms with Gasteiger partial charge in [0.15, 0.2) is 0 Å². The van der Waals surface area contributed by atoms with Crippen LogP contribution in [0, 0.1) is 6.92 Å². The fourth-order valence-electron chi connectivity index (χ4n) is 1.69. The van der Waals surface area contributed by atoms with Crippen LogP contribution in [-0.4, -0.2) is 15.5 Å². The van der Waals surface area contributed by atoms with Crippen molar-refractivity contribution in [1.29, 1.82) is 0 Å². The lowest BCUT2D eigenvalue weighted by molar-refractivity contribution is 0.720. The van der Waals surface area contributed by atoms with Gasteiger partial charge in [0.05, 0.1) is 0 Å². The van der Waals surface area contributed by atoms with Crippen LogP contribution in [0.4, 0.5) is 5.69 Å². The molecule has 0 saturated carbocycles. The topological polar surface area (TPSA) is 43.8 Å². The lowest BCUT2D eigenvalue weighted by Crippen LogP contribution is -2.00. The van der Waals surface area contributed by atoms with Gasteiger partial charge in [-0.3, -0.25) is 4.68 Å². The van der Waals surface area contributed by atoms with Crippen molar-refractivity contribution < 1.29 is 0 Å². The van der Waals surface area contributed by atoms with Gasteiger partial charge in [-0.25, -0.2) is 0 Å². The van der Waals surface area contributed by atoms with Gasteiger partial charge in [-0.1, -0.05) is 12.1 Å². The fourth-order valence-corrected chi connectivity index (χ4v) is 2.71. The van der Waals surface area contributed by atoms with Gasteiger partial charge in [-0.15, -0.1) is 11.8 Å². The second-order valence-electron chi connectivity index (χ2n) is 4.03. The normalized spacial score (nSPS) is 10.7. The highest BCUT2D eigenvalue weighted by molar-refractivity contribution is 7.99. The molecule has 2 aromatic rings. The lowest BCUT2D eigenvalue weighted by Gasteiger charge is -2.07. The molecule has 0 aliphatic heterocycles. The third-order valence-corrected chi connectivity index (χ3v) is 3.90. The van der Waals surface area contributed by atoms with Crippen molar-refractivity contribution in [2.45, 2.75) is 18.2 Å². The Morgan fingerprint density at radius 1 is 1.35 bits per heavy atom. The van der Waals surface area contributed by atoms with Crippen LogP contribution in [0.3, 0.4) is 0 Å². The molecule has 1 aromatic heterocycles. The summed E-state index contributed by atoms with van der Waals surface area (Å²) in [7, 11) is 1.97. The molecule has 2 N–H and O–H groups in total. The van der Waals surface area contributed by atoms with Crippen LogP contribution in [-0.2, 0) is 13.5 Å². The number of hydrogen-bond acceptors (Lipinski definition) is 3. The standard InChI is InChI=1S/C13H17N3S/c1-10-4-3-5-12(13(10)14)17-9-7-11-6-8-15-16(11)2/h3-6,8H,7,9,14H2,1-2H3. The molecular weight excluding hydrogens is 230 g/mol. The van der Waals surface area contributed by atoms with E-state index in [0.29, 0.717) is 0 Å². The number of benzene rings is 1.